The van der Waals surface area contributed by atoms with Crippen LogP contribution in [0.5, 0.6) is 11.5 Å². The largest absolute Gasteiger partial charge is 0.493 e. The van der Waals surface area contributed by atoms with Crippen LogP contribution >= 0.6 is 11.6 Å². The molecule has 0 amide bonds. The molecular formula is C16H24ClNO3. The summed E-state index contributed by atoms with van der Waals surface area (Å²) >= 11 is 6.16. The van der Waals surface area contributed by atoms with Gasteiger partial charge in [-0.15, -0.1) is 0 Å². The van der Waals surface area contributed by atoms with Crippen LogP contribution < -0.4 is 14.8 Å². The van der Waals surface area contributed by atoms with Gasteiger partial charge in [0.05, 0.1) is 13.2 Å². The predicted octanol–water partition coefficient (Wildman–Crippen LogP) is 3.40. The van der Waals surface area contributed by atoms with E-state index in [1.807, 2.05) is 6.07 Å². The predicted molar refractivity (Wildman–Crippen MR) is 84.4 cm³/mol. The summed E-state index contributed by atoms with van der Waals surface area (Å²) < 4.78 is 17.0. The number of hydrogen-bond donors (Lipinski definition) is 1. The molecule has 1 aliphatic heterocycles. The number of nitrogens with one attached hydrogen (secondary N) is 1. The first-order valence-corrected chi connectivity index (χ1v) is 7.82. The standard InChI is InChI=1S/C16H24ClNO3/c1-11(2)18-9-12-7-13(17)8-15(19-3)16(12)21-10-14-5-4-6-20-14/h7-8,11,14,18H,4-6,9-10H2,1-3H3. The van der Waals surface area contributed by atoms with Crippen molar-refractivity contribution in [1.29, 1.82) is 0 Å². The van der Waals surface area contributed by atoms with Gasteiger partial charge in [0.15, 0.2) is 11.5 Å². The molecule has 1 atom stereocenters. The maximum Gasteiger partial charge on any atom is 0.165 e. The monoisotopic (exact) mass is 313 g/mol. The van der Waals surface area contributed by atoms with Crippen LogP contribution in [-0.2, 0) is 11.3 Å². The van der Waals surface area contributed by atoms with Gasteiger partial charge in [0.25, 0.3) is 0 Å². The van der Waals surface area contributed by atoms with Crippen LogP contribution in [-0.4, -0.2) is 32.5 Å². The molecule has 4 nitrogen and oxygen atoms in total. The van der Waals surface area contributed by atoms with Crippen LogP contribution in [0.1, 0.15) is 32.3 Å². The van der Waals surface area contributed by atoms with Crippen molar-refractivity contribution in [2.24, 2.45) is 0 Å². The quantitative estimate of drug-likeness (QED) is 0.837. The van der Waals surface area contributed by atoms with Crippen LogP contribution in [0.25, 0.3) is 0 Å². The van der Waals surface area contributed by atoms with E-state index in [1.54, 1.807) is 13.2 Å². The fourth-order valence-electron chi connectivity index (χ4n) is 2.34. The minimum absolute atomic E-state index is 0.177. The minimum Gasteiger partial charge on any atom is -0.493 e. The van der Waals surface area contributed by atoms with Crippen molar-refractivity contribution in [1.82, 2.24) is 5.32 Å². The second kappa shape index (κ2) is 7.87. The van der Waals surface area contributed by atoms with E-state index in [-0.39, 0.29) is 6.10 Å². The molecule has 0 aliphatic carbocycles. The maximum atomic E-state index is 6.16. The van der Waals surface area contributed by atoms with Crippen molar-refractivity contribution in [3.8, 4) is 11.5 Å². The van der Waals surface area contributed by atoms with Gasteiger partial charge in [-0.1, -0.05) is 25.4 Å². The molecule has 1 aliphatic rings. The molecule has 118 valence electrons. The van der Waals surface area contributed by atoms with Crippen LogP contribution in [0.2, 0.25) is 5.02 Å². The minimum atomic E-state index is 0.177. The van der Waals surface area contributed by atoms with Crippen LogP contribution in [0.15, 0.2) is 12.1 Å². The Hall–Kier alpha value is -0.970. The van der Waals surface area contributed by atoms with Crippen LogP contribution in [0, 0.1) is 0 Å². The zero-order chi connectivity index (χ0) is 15.2. The van der Waals surface area contributed by atoms with Crippen LogP contribution in [0.3, 0.4) is 0 Å². The van der Waals surface area contributed by atoms with E-state index in [1.165, 1.54) is 0 Å². The smallest absolute Gasteiger partial charge is 0.165 e. The Kier molecular flexibility index (Phi) is 6.15. The Balaban J connectivity index is 2.13. The molecule has 1 saturated heterocycles. The third-order valence-corrected chi connectivity index (χ3v) is 3.67. The first-order chi connectivity index (χ1) is 10.1. The molecule has 1 fully saturated rings. The van der Waals surface area contributed by atoms with Gasteiger partial charge < -0.3 is 19.5 Å². The van der Waals surface area contributed by atoms with Crippen molar-refractivity contribution in [3.05, 3.63) is 22.7 Å². The molecule has 1 aromatic rings. The lowest BCUT2D eigenvalue weighted by Crippen LogP contribution is -2.23. The van der Waals surface area contributed by atoms with Gasteiger partial charge in [0.2, 0.25) is 0 Å². The topological polar surface area (TPSA) is 39.7 Å². The Bertz CT molecular complexity index is 459. The Morgan fingerprint density at radius 2 is 2.24 bits per heavy atom. The Labute approximate surface area is 131 Å². The molecule has 0 bridgehead atoms. The van der Waals surface area contributed by atoms with Crippen LogP contribution in [0.4, 0.5) is 0 Å². The van der Waals surface area contributed by atoms with Crippen molar-refractivity contribution in [3.63, 3.8) is 0 Å². The molecule has 1 aromatic carbocycles. The highest BCUT2D eigenvalue weighted by Gasteiger charge is 2.19. The lowest BCUT2D eigenvalue weighted by atomic mass is 10.1. The number of hydrogen-bond acceptors (Lipinski definition) is 4. The number of ether oxygens (including phenoxy) is 3. The fraction of sp³-hybridized carbons (Fsp3) is 0.625. The number of halogens is 1. The van der Waals surface area contributed by atoms with E-state index in [0.717, 1.165) is 30.8 Å². The van der Waals surface area contributed by atoms with E-state index >= 15 is 0 Å². The Morgan fingerprint density at radius 3 is 2.86 bits per heavy atom. The molecule has 0 radical (unpaired) electrons. The third-order valence-electron chi connectivity index (χ3n) is 3.45. The first-order valence-electron chi connectivity index (χ1n) is 7.44. The third kappa shape index (κ3) is 4.77. The lowest BCUT2D eigenvalue weighted by molar-refractivity contribution is 0.0665. The molecule has 0 saturated carbocycles. The van der Waals surface area contributed by atoms with Gasteiger partial charge in [-0.05, 0) is 18.9 Å². The van der Waals surface area contributed by atoms with Crippen molar-refractivity contribution >= 4 is 11.6 Å². The molecular weight excluding hydrogens is 290 g/mol. The molecule has 1 N–H and O–H groups in total. The second-order valence-electron chi connectivity index (χ2n) is 5.58. The summed E-state index contributed by atoms with van der Waals surface area (Å²) in [5.74, 6) is 1.42. The molecule has 1 heterocycles. The number of benzene rings is 1. The van der Waals surface area contributed by atoms with E-state index < -0.39 is 0 Å². The highest BCUT2D eigenvalue weighted by molar-refractivity contribution is 6.30. The van der Waals surface area contributed by atoms with Gasteiger partial charge in [-0.25, -0.2) is 0 Å². The summed E-state index contributed by atoms with van der Waals surface area (Å²) in [6.07, 6.45) is 2.33. The van der Waals surface area contributed by atoms with Crippen molar-refractivity contribution in [2.75, 3.05) is 20.3 Å². The molecule has 0 spiro atoms. The number of rotatable bonds is 7. The van der Waals surface area contributed by atoms with Gasteiger partial charge >= 0.3 is 0 Å². The molecule has 1 unspecified atom stereocenters. The highest BCUT2D eigenvalue weighted by Crippen LogP contribution is 2.35. The molecule has 0 aromatic heterocycles. The van der Waals surface area contributed by atoms with E-state index in [4.69, 9.17) is 25.8 Å². The maximum absolute atomic E-state index is 6.16. The van der Waals surface area contributed by atoms with Gasteiger partial charge in [0.1, 0.15) is 6.61 Å². The summed E-state index contributed by atoms with van der Waals surface area (Å²) in [5.41, 5.74) is 1.01. The Morgan fingerprint density at radius 1 is 1.43 bits per heavy atom. The molecule has 2 rings (SSSR count). The van der Waals surface area contributed by atoms with E-state index in [9.17, 15) is 0 Å². The normalized spacial score (nSPS) is 18.2. The molecule has 21 heavy (non-hydrogen) atoms. The van der Waals surface area contributed by atoms with E-state index in [0.29, 0.717) is 30.0 Å². The van der Waals surface area contributed by atoms with Gasteiger partial charge in [-0.3, -0.25) is 0 Å². The zero-order valence-electron chi connectivity index (χ0n) is 12.9. The SMILES string of the molecule is COc1cc(Cl)cc(CNC(C)C)c1OCC1CCCO1. The first kappa shape index (κ1) is 16.4. The summed E-state index contributed by atoms with van der Waals surface area (Å²) in [6.45, 7) is 6.28. The fourth-order valence-corrected chi connectivity index (χ4v) is 2.57. The average molecular weight is 314 g/mol. The van der Waals surface area contributed by atoms with Crippen molar-refractivity contribution in [2.45, 2.75) is 45.4 Å². The van der Waals surface area contributed by atoms with E-state index in [2.05, 4.69) is 19.2 Å². The molecule has 5 heteroatoms. The number of methoxy groups -OCH3 is 1. The summed E-state index contributed by atoms with van der Waals surface area (Å²) in [6, 6.07) is 4.09. The van der Waals surface area contributed by atoms with Gasteiger partial charge in [0, 0.05) is 35.8 Å². The zero-order valence-corrected chi connectivity index (χ0v) is 13.7. The average Bonchev–Trinajstić information content (AvgIpc) is 2.96. The second-order valence-corrected chi connectivity index (χ2v) is 6.01. The summed E-state index contributed by atoms with van der Waals surface area (Å²) in [5, 5.41) is 4.03. The summed E-state index contributed by atoms with van der Waals surface area (Å²) in [4.78, 5) is 0. The van der Waals surface area contributed by atoms with Crippen molar-refractivity contribution < 1.29 is 14.2 Å². The summed E-state index contributed by atoms with van der Waals surface area (Å²) in [7, 11) is 1.63. The van der Waals surface area contributed by atoms with Gasteiger partial charge in [-0.2, -0.15) is 0 Å². The highest BCUT2D eigenvalue weighted by atomic mass is 35.5. The lowest BCUT2D eigenvalue weighted by Gasteiger charge is -2.19.